The second-order valence-corrected chi connectivity index (χ2v) is 3.91. The number of hydrogen-bond donors (Lipinski definition) is 1. The fourth-order valence-corrected chi connectivity index (χ4v) is 2.18. The Balaban J connectivity index is 2.11. The molecule has 74 valence electrons. The molecule has 1 aliphatic carbocycles. The van der Waals surface area contributed by atoms with Crippen molar-refractivity contribution >= 4 is 0 Å². The maximum absolute atomic E-state index is 3.39. The molecule has 1 aromatic heterocycles. The molecule has 1 aliphatic rings. The van der Waals surface area contributed by atoms with Crippen LogP contribution in [0.4, 0.5) is 0 Å². The van der Waals surface area contributed by atoms with Gasteiger partial charge in [0.25, 0.3) is 0 Å². The van der Waals surface area contributed by atoms with Crippen molar-refractivity contribution in [1.29, 1.82) is 0 Å². The average Bonchev–Trinajstić information content (AvgIpc) is 2.74. The summed E-state index contributed by atoms with van der Waals surface area (Å²) in [6.07, 6.45) is 8.76. The van der Waals surface area contributed by atoms with Gasteiger partial charge in [-0.05, 0) is 29.5 Å². The lowest BCUT2D eigenvalue weighted by Crippen LogP contribution is -1.94. The van der Waals surface area contributed by atoms with Crippen LogP contribution in [0.25, 0.3) is 11.3 Å². The third kappa shape index (κ3) is 1.40. The van der Waals surface area contributed by atoms with E-state index < -0.39 is 0 Å². The molecule has 0 saturated carbocycles. The molecule has 0 aliphatic heterocycles. The third-order valence-electron chi connectivity index (χ3n) is 2.97. The van der Waals surface area contributed by atoms with Crippen molar-refractivity contribution in [3.05, 3.63) is 59.8 Å². The highest BCUT2D eigenvalue weighted by molar-refractivity contribution is 5.66. The van der Waals surface area contributed by atoms with Gasteiger partial charge in [0.05, 0.1) is 0 Å². The predicted molar refractivity (Wildman–Crippen MR) is 62.8 cm³/mol. The van der Waals surface area contributed by atoms with Crippen LogP contribution in [-0.2, 0) is 12.8 Å². The molecule has 0 saturated heterocycles. The van der Waals surface area contributed by atoms with Crippen molar-refractivity contribution in [1.82, 2.24) is 4.98 Å². The Labute approximate surface area is 89.5 Å². The minimum atomic E-state index is 1.06. The van der Waals surface area contributed by atoms with Crippen LogP contribution in [0.2, 0.25) is 0 Å². The average molecular weight is 195 g/mol. The molecule has 0 unspecified atom stereocenters. The molecule has 1 heterocycles. The van der Waals surface area contributed by atoms with E-state index in [9.17, 15) is 0 Å². The van der Waals surface area contributed by atoms with Crippen LogP contribution in [0, 0.1) is 0 Å². The number of aromatic amines is 1. The maximum atomic E-state index is 3.39. The highest BCUT2D eigenvalue weighted by Gasteiger charge is 2.12. The summed E-state index contributed by atoms with van der Waals surface area (Å²) in [5.74, 6) is 0. The van der Waals surface area contributed by atoms with Crippen LogP contribution in [0.3, 0.4) is 0 Å². The molecular formula is C14H13N. The van der Waals surface area contributed by atoms with Gasteiger partial charge in [0.2, 0.25) is 0 Å². The van der Waals surface area contributed by atoms with E-state index in [0.29, 0.717) is 0 Å². The first-order valence-electron chi connectivity index (χ1n) is 5.34. The second kappa shape index (κ2) is 3.43. The van der Waals surface area contributed by atoms with E-state index >= 15 is 0 Å². The van der Waals surface area contributed by atoms with Crippen molar-refractivity contribution < 1.29 is 0 Å². The summed E-state index contributed by atoms with van der Waals surface area (Å²) in [7, 11) is 0. The Morgan fingerprint density at radius 2 is 1.73 bits per heavy atom. The SMILES string of the molecule is C1=CCc2c(c[nH]c2-c2ccccc2)C1. The van der Waals surface area contributed by atoms with Gasteiger partial charge in [0.15, 0.2) is 0 Å². The minimum Gasteiger partial charge on any atom is -0.361 e. The molecule has 2 aromatic rings. The molecule has 1 aromatic carbocycles. The maximum Gasteiger partial charge on any atom is 0.0492 e. The lowest BCUT2D eigenvalue weighted by molar-refractivity contribution is 1.12. The summed E-state index contributed by atoms with van der Waals surface area (Å²) in [6, 6.07) is 10.5. The Morgan fingerprint density at radius 1 is 0.933 bits per heavy atom. The Hall–Kier alpha value is -1.76. The molecule has 0 bridgehead atoms. The number of aromatic nitrogens is 1. The van der Waals surface area contributed by atoms with Crippen LogP contribution >= 0.6 is 0 Å². The van der Waals surface area contributed by atoms with Crippen LogP contribution in [0.15, 0.2) is 48.7 Å². The first-order valence-corrected chi connectivity index (χ1v) is 5.34. The highest BCUT2D eigenvalue weighted by Crippen LogP contribution is 2.28. The zero-order valence-corrected chi connectivity index (χ0v) is 8.53. The van der Waals surface area contributed by atoms with Gasteiger partial charge >= 0.3 is 0 Å². The van der Waals surface area contributed by atoms with E-state index in [4.69, 9.17) is 0 Å². The van der Waals surface area contributed by atoms with Gasteiger partial charge in [-0.25, -0.2) is 0 Å². The lowest BCUT2D eigenvalue weighted by atomic mass is 9.97. The monoisotopic (exact) mass is 195 g/mol. The molecule has 1 nitrogen and oxygen atoms in total. The number of hydrogen-bond acceptors (Lipinski definition) is 0. The van der Waals surface area contributed by atoms with Crippen LogP contribution in [0.5, 0.6) is 0 Å². The van der Waals surface area contributed by atoms with E-state index in [0.717, 1.165) is 12.8 Å². The van der Waals surface area contributed by atoms with Crippen LogP contribution in [-0.4, -0.2) is 4.98 Å². The zero-order valence-electron chi connectivity index (χ0n) is 8.53. The van der Waals surface area contributed by atoms with Crippen LogP contribution in [0.1, 0.15) is 11.1 Å². The fourth-order valence-electron chi connectivity index (χ4n) is 2.18. The topological polar surface area (TPSA) is 15.8 Å². The summed E-state index contributed by atoms with van der Waals surface area (Å²) in [5.41, 5.74) is 5.48. The molecular weight excluding hydrogens is 182 g/mol. The fraction of sp³-hybridized carbons (Fsp3) is 0.143. The van der Waals surface area contributed by atoms with E-state index in [-0.39, 0.29) is 0 Å². The van der Waals surface area contributed by atoms with Crippen molar-refractivity contribution in [2.75, 3.05) is 0 Å². The molecule has 0 atom stereocenters. The second-order valence-electron chi connectivity index (χ2n) is 3.91. The Kier molecular flexibility index (Phi) is 1.95. The highest BCUT2D eigenvalue weighted by atomic mass is 14.7. The molecule has 1 N–H and O–H groups in total. The van der Waals surface area contributed by atoms with Crippen molar-refractivity contribution in [2.24, 2.45) is 0 Å². The van der Waals surface area contributed by atoms with Crippen molar-refractivity contribution in [3.8, 4) is 11.3 Å². The number of H-pyrrole nitrogens is 1. The Morgan fingerprint density at radius 3 is 2.60 bits per heavy atom. The molecule has 0 radical (unpaired) electrons. The standard InChI is InChI=1S/C14H13N/c1-2-6-11(7-3-1)14-13-9-5-4-8-12(13)10-15-14/h1-7,10,15H,8-9H2. The molecule has 0 fully saturated rings. The summed E-state index contributed by atoms with van der Waals surface area (Å²) in [5, 5.41) is 0. The van der Waals surface area contributed by atoms with E-state index in [1.165, 1.54) is 22.4 Å². The summed E-state index contributed by atoms with van der Waals surface area (Å²) < 4.78 is 0. The quantitative estimate of drug-likeness (QED) is 0.672. The van der Waals surface area contributed by atoms with E-state index in [1.54, 1.807) is 0 Å². The smallest absolute Gasteiger partial charge is 0.0492 e. The van der Waals surface area contributed by atoms with Gasteiger partial charge in [0.1, 0.15) is 0 Å². The third-order valence-corrected chi connectivity index (χ3v) is 2.97. The van der Waals surface area contributed by atoms with Gasteiger partial charge in [-0.2, -0.15) is 0 Å². The van der Waals surface area contributed by atoms with Gasteiger partial charge in [-0.1, -0.05) is 42.5 Å². The summed E-state index contributed by atoms with van der Waals surface area (Å²) >= 11 is 0. The van der Waals surface area contributed by atoms with E-state index in [1.807, 2.05) is 0 Å². The van der Waals surface area contributed by atoms with Crippen molar-refractivity contribution in [3.63, 3.8) is 0 Å². The summed E-state index contributed by atoms with van der Waals surface area (Å²) in [4.78, 5) is 3.39. The zero-order chi connectivity index (χ0) is 10.1. The molecule has 3 rings (SSSR count). The normalized spacial score (nSPS) is 13.9. The van der Waals surface area contributed by atoms with E-state index in [2.05, 4.69) is 53.7 Å². The minimum absolute atomic E-state index is 1.06. The van der Waals surface area contributed by atoms with Gasteiger partial charge < -0.3 is 4.98 Å². The molecule has 0 amide bonds. The number of allylic oxidation sites excluding steroid dienone is 2. The Bertz CT molecular complexity index is 491. The number of benzene rings is 1. The number of nitrogens with one attached hydrogen (secondary N) is 1. The predicted octanol–water partition coefficient (Wildman–Crippen LogP) is 3.34. The molecule has 1 heteroatoms. The molecule has 15 heavy (non-hydrogen) atoms. The number of fused-ring (bicyclic) bond motifs is 1. The largest absolute Gasteiger partial charge is 0.361 e. The molecule has 0 spiro atoms. The first kappa shape index (κ1) is 8.54. The first-order chi connectivity index (χ1) is 7.45. The van der Waals surface area contributed by atoms with Crippen LogP contribution < -0.4 is 0 Å². The summed E-state index contributed by atoms with van der Waals surface area (Å²) in [6.45, 7) is 0. The van der Waals surface area contributed by atoms with Gasteiger partial charge in [-0.15, -0.1) is 0 Å². The lowest BCUT2D eigenvalue weighted by Gasteiger charge is -2.07. The number of rotatable bonds is 1. The van der Waals surface area contributed by atoms with Crippen molar-refractivity contribution in [2.45, 2.75) is 12.8 Å². The van der Waals surface area contributed by atoms with Gasteiger partial charge in [0, 0.05) is 11.9 Å². The van der Waals surface area contributed by atoms with Gasteiger partial charge in [-0.3, -0.25) is 0 Å².